The number of rotatable bonds is 3. The molecule has 2 aliphatic rings. The minimum absolute atomic E-state index is 0.405. The molecule has 0 aromatic carbocycles. The minimum atomic E-state index is 0.405. The third-order valence-electron chi connectivity index (χ3n) is 4.73. The van der Waals surface area contributed by atoms with Crippen molar-refractivity contribution in [3.63, 3.8) is 0 Å². The lowest BCUT2D eigenvalue weighted by Crippen LogP contribution is -2.45. The Kier molecular flexibility index (Phi) is 2.71. The van der Waals surface area contributed by atoms with E-state index in [-0.39, 0.29) is 0 Å². The summed E-state index contributed by atoms with van der Waals surface area (Å²) >= 11 is 0. The van der Waals surface area contributed by atoms with Crippen molar-refractivity contribution >= 4 is 0 Å². The monoisotopic (exact) mass is 234 g/mol. The zero-order valence-corrected chi connectivity index (χ0v) is 10.6. The Morgan fingerprint density at radius 3 is 2.88 bits per heavy atom. The summed E-state index contributed by atoms with van der Waals surface area (Å²) in [5.74, 6) is 0. The number of hydrogen-bond acceptors (Lipinski definition) is 3. The molecule has 1 aliphatic heterocycles. The molecule has 2 heterocycles. The number of imidazole rings is 1. The molecule has 1 saturated carbocycles. The molecule has 2 N–H and O–H groups in total. The highest BCUT2D eigenvalue weighted by molar-refractivity contribution is 5.05. The summed E-state index contributed by atoms with van der Waals surface area (Å²) < 4.78 is 2.11. The molecule has 2 fully saturated rings. The van der Waals surface area contributed by atoms with Gasteiger partial charge in [0.1, 0.15) is 0 Å². The summed E-state index contributed by atoms with van der Waals surface area (Å²) in [4.78, 5) is 6.70. The lowest BCUT2D eigenvalue weighted by molar-refractivity contribution is 0.123. The standard InChI is InChI=1S/C13H22N4/c1-16-10-15-7-11(16)3-6-17-8-12(14)13(9-17)4-2-5-13/h7,10,12H,2-6,8-9,14H2,1H3. The molecule has 0 bridgehead atoms. The number of aromatic nitrogens is 2. The molecular weight excluding hydrogens is 212 g/mol. The maximum absolute atomic E-state index is 6.29. The number of likely N-dealkylation sites (tertiary alicyclic amines) is 1. The average Bonchev–Trinajstić information content (AvgIpc) is 2.78. The van der Waals surface area contributed by atoms with Crippen LogP contribution in [0.4, 0.5) is 0 Å². The Labute approximate surface area is 103 Å². The van der Waals surface area contributed by atoms with Gasteiger partial charge in [-0.3, -0.25) is 0 Å². The first-order chi connectivity index (χ1) is 8.20. The highest BCUT2D eigenvalue weighted by Gasteiger charge is 2.48. The Morgan fingerprint density at radius 1 is 1.53 bits per heavy atom. The Balaban J connectivity index is 1.56. The average molecular weight is 234 g/mol. The van der Waals surface area contributed by atoms with E-state index in [1.54, 1.807) is 0 Å². The highest BCUT2D eigenvalue weighted by Crippen LogP contribution is 2.47. The fourth-order valence-electron chi connectivity index (χ4n) is 3.33. The topological polar surface area (TPSA) is 47.1 Å². The van der Waals surface area contributed by atoms with Crippen molar-refractivity contribution in [2.45, 2.75) is 31.7 Å². The third kappa shape index (κ3) is 1.89. The van der Waals surface area contributed by atoms with Gasteiger partial charge in [-0.05, 0) is 18.3 Å². The quantitative estimate of drug-likeness (QED) is 0.840. The molecule has 4 heteroatoms. The van der Waals surface area contributed by atoms with Crippen LogP contribution in [0.2, 0.25) is 0 Å². The van der Waals surface area contributed by atoms with E-state index >= 15 is 0 Å². The molecule has 0 radical (unpaired) electrons. The SMILES string of the molecule is Cn1cncc1CCN1CC(N)C2(CCC2)C1. The van der Waals surface area contributed by atoms with Crippen molar-refractivity contribution in [3.8, 4) is 0 Å². The Bertz CT molecular complexity index is 394. The van der Waals surface area contributed by atoms with Crippen LogP contribution >= 0.6 is 0 Å². The largest absolute Gasteiger partial charge is 0.338 e. The molecule has 94 valence electrons. The van der Waals surface area contributed by atoms with Gasteiger partial charge >= 0.3 is 0 Å². The van der Waals surface area contributed by atoms with Crippen LogP contribution in [0.5, 0.6) is 0 Å². The van der Waals surface area contributed by atoms with E-state index in [2.05, 4.69) is 21.5 Å². The van der Waals surface area contributed by atoms with Gasteiger partial charge in [0.2, 0.25) is 0 Å². The fraction of sp³-hybridized carbons (Fsp3) is 0.769. The third-order valence-corrected chi connectivity index (χ3v) is 4.73. The van der Waals surface area contributed by atoms with E-state index in [4.69, 9.17) is 5.73 Å². The highest BCUT2D eigenvalue weighted by atomic mass is 15.2. The summed E-state index contributed by atoms with van der Waals surface area (Å²) in [6.45, 7) is 3.42. The second kappa shape index (κ2) is 4.10. The molecule has 1 unspecified atom stereocenters. The predicted octanol–water partition coefficient (Wildman–Crippen LogP) is 0.776. The van der Waals surface area contributed by atoms with Gasteiger partial charge in [0.15, 0.2) is 0 Å². The Hall–Kier alpha value is -0.870. The molecule has 1 atom stereocenters. The van der Waals surface area contributed by atoms with Crippen LogP contribution in [0, 0.1) is 5.41 Å². The summed E-state index contributed by atoms with van der Waals surface area (Å²) in [6, 6.07) is 0.405. The van der Waals surface area contributed by atoms with Gasteiger partial charge in [-0.15, -0.1) is 0 Å². The summed E-state index contributed by atoms with van der Waals surface area (Å²) in [5.41, 5.74) is 8.08. The molecule has 3 rings (SSSR count). The first-order valence-corrected chi connectivity index (χ1v) is 6.63. The maximum Gasteiger partial charge on any atom is 0.0945 e. The van der Waals surface area contributed by atoms with Gasteiger partial charge in [-0.2, -0.15) is 0 Å². The minimum Gasteiger partial charge on any atom is -0.338 e. The number of nitrogens with two attached hydrogens (primary N) is 1. The van der Waals surface area contributed by atoms with Crippen LogP contribution in [-0.4, -0.2) is 40.1 Å². The van der Waals surface area contributed by atoms with Crippen molar-refractivity contribution in [3.05, 3.63) is 18.2 Å². The molecule has 1 saturated heterocycles. The summed E-state index contributed by atoms with van der Waals surface area (Å²) in [7, 11) is 2.06. The van der Waals surface area contributed by atoms with E-state index in [1.807, 2.05) is 12.5 Å². The smallest absolute Gasteiger partial charge is 0.0945 e. The van der Waals surface area contributed by atoms with Crippen LogP contribution in [0.25, 0.3) is 0 Å². The van der Waals surface area contributed by atoms with E-state index in [1.165, 1.54) is 31.5 Å². The molecule has 1 spiro atoms. The van der Waals surface area contributed by atoms with Gasteiger partial charge in [-0.25, -0.2) is 4.98 Å². The predicted molar refractivity (Wildman–Crippen MR) is 67.6 cm³/mol. The summed E-state index contributed by atoms with van der Waals surface area (Å²) in [6.07, 6.45) is 8.99. The molecule has 1 aromatic heterocycles. The molecule has 0 amide bonds. The van der Waals surface area contributed by atoms with Crippen LogP contribution in [-0.2, 0) is 13.5 Å². The molecular formula is C13H22N4. The summed E-state index contributed by atoms with van der Waals surface area (Å²) in [5, 5.41) is 0. The molecule has 17 heavy (non-hydrogen) atoms. The van der Waals surface area contributed by atoms with Crippen molar-refractivity contribution in [2.75, 3.05) is 19.6 Å². The van der Waals surface area contributed by atoms with Crippen LogP contribution in [0.15, 0.2) is 12.5 Å². The number of nitrogens with zero attached hydrogens (tertiary/aromatic N) is 3. The van der Waals surface area contributed by atoms with E-state index in [9.17, 15) is 0 Å². The molecule has 4 nitrogen and oxygen atoms in total. The van der Waals surface area contributed by atoms with Crippen molar-refractivity contribution in [1.29, 1.82) is 0 Å². The zero-order chi connectivity index (χ0) is 11.9. The van der Waals surface area contributed by atoms with Gasteiger partial charge in [0.05, 0.1) is 6.33 Å². The lowest BCUT2D eigenvalue weighted by atomic mass is 9.66. The molecule has 1 aromatic rings. The van der Waals surface area contributed by atoms with Gasteiger partial charge in [0, 0.05) is 51.0 Å². The molecule has 1 aliphatic carbocycles. The van der Waals surface area contributed by atoms with Gasteiger partial charge in [-0.1, -0.05) is 6.42 Å². The van der Waals surface area contributed by atoms with Crippen molar-refractivity contribution in [1.82, 2.24) is 14.5 Å². The second-order valence-corrected chi connectivity index (χ2v) is 5.80. The first kappa shape index (κ1) is 11.2. The van der Waals surface area contributed by atoms with Crippen molar-refractivity contribution in [2.24, 2.45) is 18.2 Å². The first-order valence-electron chi connectivity index (χ1n) is 6.63. The maximum atomic E-state index is 6.29. The lowest BCUT2D eigenvalue weighted by Gasteiger charge is -2.41. The van der Waals surface area contributed by atoms with Crippen molar-refractivity contribution < 1.29 is 0 Å². The van der Waals surface area contributed by atoms with Crippen LogP contribution in [0.1, 0.15) is 25.0 Å². The van der Waals surface area contributed by atoms with Crippen LogP contribution in [0.3, 0.4) is 0 Å². The zero-order valence-electron chi connectivity index (χ0n) is 10.6. The van der Waals surface area contributed by atoms with E-state index in [0.29, 0.717) is 11.5 Å². The Morgan fingerprint density at radius 2 is 2.35 bits per heavy atom. The number of hydrogen-bond donors (Lipinski definition) is 1. The fourth-order valence-corrected chi connectivity index (χ4v) is 3.33. The van der Waals surface area contributed by atoms with E-state index < -0.39 is 0 Å². The number of aryl methyl sites for hydroxylation is 1. The van der Waals surface area contributed by atoms with Gasteiger partial charge < -0.3 is 15.2 Å². The normalized spacial score (nSPS) is 27.5. The second-order valence-electron chi connectivity index (χ2n) is 5.80. The van der Waals surface area contributed by atoms with E-state index in [0.717, 1.165) is 19.5 Å². The van der Waals surface area contributed by atoms with Crippen LogP contribution < -0.4 is 5.73 Å². The van der Waals surface area contributed by atoms with Gasteiger partial charge in [0.25, 0.3) is 0 Å².